The van der Waals surface area contributed by atoms with Crippen LogP contribution in [0.2, 0.25) is 0 Å². The molecular weight excluding hydrogens is 254 g/mol. The second-order valence-corrected chi connectivity index (χ2v) is 5.10. The number of Topliss-reactive ketones (excluding diaryl/α,β-unsaturated/α-hetero) is 1. The average molecular weight is 267 g/mol. The quantitative estimate of drug-likeness (QED) is 0.832. The number of carbonyl (C=O) groups excluding carboxylic acids is 1. The van der Waals surface area contributed by atoms with Crippen molar-refractivity contribution in [2.75, 3.05) is 5.32 Å². The Kier molecular flexibility index (Phi) is 3.45. The molecule has 0 aromatic heterocycles. The number of nitrogens with one attached hydrogen (secondary N) is 1. The Hall–Kier alpha value is -2.79. The van der Waals surface area contributed by atoms with E-state index in [1.54, 1.807) is 30.3 Å². The van der Waals surface area contributed by atoms with E-state index in [4.69, 9.17) is 15.3 Å². The average Bonchev–Trinajstić information content (AvgIpc) is 2.39. The zero-order valence-electron chi connectivity index (χ0n) is 11.2. The fourth-order valence-electron chi connectivity index (χ4n) is 1.99. The molecule has 1 heterocycles. The van der Waals surface area contributed by atoms with E-state index in [-0.39, 0.29) is 11.4 Å². The number of hydrogen-bond donors (Lipinski definition) is 1. The summed E-state index contributed by atoms with van der Waals surface area (Å²) in [5, 5.41) is 20.1. The van der Waals surface area contributed by atoms with Gasteiger partial charge in [-0.15, -0.1) is 0 Å². The molecule has 0 atom stereocenters. The Morgan fingerprint density at radius 1 is 1.40 bits per heavy atom. The summed E-state index contributed by atoms with van der Waals surface area (Å²) in [6.07, 6.45) is 1.63. The number of benzene rings is 1. The molecule has 0 aliphatic carbocycles. The van der Waals surface area contributed by atoms with Gasteiger partial charge in [-0.1, -0.05) is 0 Å². The number of hydrogen-bond acceptors (Lipinski definition) is 5. The number of nitriles is 2. The fourth-order valence-corrected chi connectivity index (χ4v) is 1.99. The van der Waals surface area contributed by atoms with Crippen LogP contribution in [-0.4, -0.2) is 11.4 Å². The van der Waals surface area contributed by atoms with Gasteiger partial charge in [-0.3, -0.25) is 4.79 Å². The molecule has 0 fully saturated rings. The summed E-state index contributed by atoms with van der Waals surface area (Å²) in [5.41, 5.74) is 0.612. The first kappa shape index (κ1) is 13.6. The Morgan fingerprint density at radius 2 is 2.10 bits per heavy atom. The van der Waals surface area contributed by atoms with Gasteiger partial charge in [0.2, 0.25) is 0 Å². The number of anilines is 1. The molecule has 1 N–H and O–H groups in total. The third-order valence-electron chi connectivity index (χ3n) is 2.88. The zero-order chi connectivity index (χ0) is 14.8. The summed E-state index contributed by atoms with van der Waals surface area (Å²) < 4.78 is 5.74. The van der Waals surface area contributed by atoms with Crippen LogP contribution < -0.4 is 10.1 Å². The van der Waals surface area contributed by atoms with Gasteiger partial charge < -0.3 is 10.1 Å². The minimum Gasteiger partial charge on any atom is -0.487 e. The predicted molar refractivity (Wildman–Crippen MR) is 73.0 cm³/mol. The lowest BCUT2D eigenvalue weighted by Crippen LogP contribution is -2.35. The van der Waals surface area contributed by atoms with E-state index in [9.17, 15) is 4.79 Å². The highest BCUT2D eigenvalue weighted by Crippen LogP contribution is 2.34. The number of rotatable bonds is 2. The zero-order valence-corrected chi connectivity index (χ0v) is 11.2. The van der Waals surface area contributed by atoms with Crippen LogP contribution in [0.25, 0.3) is 0 Å². The van der Waals surface area contributed by atoms with Gasteiger partial charge in [0.25, 0.3) is 0 Å². The van der Waals surface area contributed by atoms with Gasteiger partial charge in [0.05, 0.1) is 12.0 Å². The molecule has 0 radical (unpaired) electrons. The molecule has 1 aliphatic heterocycles. The van der Waals surface area contributed by atoms with E-state index in [1.165, 1.54) is 6.20 Å². The largest absolute Gasteiger partial charge is 0.487 e. The van der Waals surface area contributed by atoms with Crippen molar-refractivity contribution in [1.82, 2.24) is 0 Å². The first-order chi connectivity index (χ1) is 9.45. The molecule has 0 bridgehead atoms. The summed E-state index contributed by atoms with van der Waals surface area (Å²) >= 11 is 0. The van der Waals surface area contributed by atoms with E-state index >= 15 is 0 Å². The Labute approximate surface area is 117 Å². The fraction of sp³-hybridized carbons (Fsp3) is 0.267. The lowest BCUT2D eigenvalue weighted by Gasteiger charge is -2.31. The summed E-state index contributed by atoms with van der Waals surface area (Å²) in [6.45, 7) is 3.74. The van der Waals surface area contributed by atoms with Crippen LogP contribution in [0.5, 0.6) is 5.75 Å². The van der Waals surface area contributed by atoms with Crippen LogP contribution in [0.3, 0.4) is 0 Å². The normalized spacial score (nSPS) is 15.1. The summed E-state index contributed by atoms with van der Waals surface area (Å²) in [7, 11) is 0. The Balaban J connectivity index is 2.28. The maximum absolute atomic E-state index is 12.1. The van der Waals surface area contributed by atoms with Crippen LogP contribution >= 0.6 is 0 Å². The van der Waals surface area contributed by atoms with E-state index in [1.807, 2.05) is 13.8 Å². The van der Waals surface area contributed by atoms with Crippen molar-refractivity contribution in [1.29, 1.82) is 10.5 Å². The highest BCUT2D eigenvalue weighted by Gasteiger charge is 2.32. The topological polar surface area (TPSA) is 85.9 Å². The standard InChI is InChI=1S/C15H13N3O2/c1-15(2)6-13(19)12-5-11(3-4-14(12)20-15)18-9-10(7-16)8-17/h3-5,9,18H,6H2,1-2H3. The Morgan fingerprint density at radius 3 is 2.75 bits per heavy atom. The monoisotopic (exact) mass is 267 g/mol. The van der Waals surface area contributed by atoms with E-state index in [2.05, 4.69) is 5.32 Å². The van der Waals surface area contributed by atoms with E-state index in [0.29, 0.717) is 23.4 Å². The molecule has 0 amide bonds. The molecule has 2 rings (SSSR count). The molecule has 0 unspecified atom stereocenters. The smallest absolute Gasteiger partial charge is 0.170 e. The second-order valence-electron chi connectivity index (χ2n) is 5.10. The first-order valence-corrected chi connectivity index (χ1v) is 6.08. The minimum absolute atomic E-state index is 0.0182. The van der Waals surface area contributed by atoms with Crippen molar-refractivity contribution < 1.29 is 9.53 Å². The maximum atomic E-state index is 12.1. The number of carbonyl (C=O) groups is 1. The molecule has 5 nitrogen and oxygen atoms in total. The van der Waals surface area contributed by atoms with Gasteiger partial charge in [0.15, 0.2) is 5.78 Å². The van der Waals surface area contributed by atoms with Gasteiger partial charge in [-0.05, 0) is 32.0 Å². The molecule has 0 saturated heterocycles. The lowest BCUT2D eigenvalue weighted by molar-refractivity contribution is 0.0620. The molecule has 1 aliphatic rings. The molecule has 0 spiro atoms. The van der Waals surface area contributed by atoms with Crippen LogP contribution in [0, 0.1) is 22.7 Å². The first-order valence-electron chi connectivity index (χ1n) is 6.08. The highest BCUT2D eigenvalue weighted by atomic mass is 16.5. The number of ether oxygens (including phenoxy) is 1. The van der Waals surface area contributed by atoms with Crippen molar-refractivity contribution in [2.45, 2.75) is 25.9 Å². The Bertz CT molecular complexity index is 659. The SMILES string of the molecule is CC1(C)CC(=O)c2cc(NC=C(C#N)C#N)ccc2O1. The van der Waals surface area contributed by atoms with Gasteiger partial charge >= 0.3 is 0 Å². The summed E-state index contributed by atoms with van der Waals surface area (Å²) in [6, 6.07) is 8.61. The molecular formula is C15H13N3O2. The molecule has 1 aromatic carbocycles. The summed E-state index contributed by atoms with van der Waals surface area (Å²) in [4.78, 5) is 12.1. The number of allylic oxidation sites excluding steroid dienone is 1. The minimum atomic E-state index is -0.492. The van der Waals surface area contributed by atoms with Crippen LogP contribution in [0.4, 0.5) is 5.69 Å². The van der Waals surface area contributed by atoms with E-state index < -0.39 is 5.60 Å². The second kappa shape index (κ2) is 5.07. The van der Waals surface area contributed by atoms with Crippen molar-refractivity contribution in [2.24, 2.45) is 0 Å². The molecule has 0 saturated carbocycles. The van der Waals surface area contributed by atoms with Gasteiger partial charge in [-0.2, -0.15) is 10.5 Å². The van der Waals surface area contributed by atoms with Crippen molar-refractivity contribution >= 4 is 11.5 Å². The summed E-state index contributed by atoms with van der Waals surface area (Å²) in [5.74, 6) is 0.575. The van der Waals surface area contributed by atoms with Gasteiger partial charge in [-0.25, -0.2) is 0 Å². The van der Waals surface area contributed by atoms with Crippen LogP contribution in [0.15, 0.2) is 30.0 Å². The van der Waals surface area contributed by atoms with Crippen LogP contribution in [0.1, 0.15) is 30.6 Å². The number of nitrogens with zero attached hydrogens (tertiary/aromatic N) is 2. The molecule has 100 valence electrons. The lowest BCUT2D eigenvalue weighted by atomic mass is 9.93. The highest BCUT2D eigenvalue weighted by molar-refractivity contribution is 6.01. The predicted octanol–water partition coefficient (Wildman–Crippen LogP) is 2.77. The molecule has 1 aromatic rings. The molecule has 20 heavy (non-hydrogen) atoms. The van der Waals surface area contributed by atoms with Crippen molar-refractivity contribution in [3.05, 3.63) is 35.5 Å². The number of fused-ring (bicyclic) bond motifs is 1. The third kappa shape index (κ3) is 2.78. The maximum Gasteiger partial charge on any atom is 0.170 e. The third-order valence-corrected chi connectivity index (χ3v) is 2.88. The van der Waals surface area contributed by atoms with Gasteiger partial charge in [0.1, 0.15) is 29.1 Å². The van der Waals surface area contributed by atoms with Crippen LogP contribution in [-0.2, 0) is 0 Å². The van der Waals surface area contributed by atoms with Gasteiger partial charge in [0, 0.05) is 11.9 Å². The van der Waals surface area contributed by atoms with E-state index in [0.717, 1.165) is 0 Å². The van der Waals surface area contributed by atoms with Crippen molar-refractivity contribution in [3.63, 3.8) is 0 Å². The number of ketones is 1. The molecule has 5 heteroatoms. The van der Waals surface area contributed by atoms with Crippen molar-refractivity contribution in [3.8, 4) is 17.9 Å².